The number of ether oxygens (including phenoxy) is 3. The van der Waals surface area contributed by atoms with Crippen LogP contribution in [0.3, 0.4) is 0 Å². The van der Waals surface area contributed by atoms with Gasteiger partial charge in [0.05, 0.1) is 13.2 Å². The van der Waals surface area contributed by atoms with Gasteiger partial charge in [-0.05, 0) is 75.6 Å². The molecule has 27 heavy (non-hydrogen) atoms. The topological polar surface area (TPSA) is 56.8 Å². The summed E-state index contributed by atoms with van der Waals surface area (Å²) in [6.45, 7) is 10.1. The Morgan fingerprint density at radius 3 is 2.22 bits per heavy atom. The third-order valence-corrected chi connectivity index (χ3v) is 3.93. The predicted octanol–water partition coefficient (Wildman–Crippen LogP) is 4.18. The lowest BCUT2D eigenvalue weighted by Gasteiger charge is -2.17. The van der Waals surface area contributed by atoms with Crippen LogP contribution in [0.2, 0.25) is 0 Å². The van der Waals surface area contributed by atoms with Gasteiger partial charge in [0, 0.05) is 6.54 Å². The second kappa shape index (κ2) is 9.31. The normalized spacial score (nSPS) is 11.8. The Labute approximate surface area is 161 Å². The maximum absolute atomic E-state index is 12.4. The van der Waals surface area contributed by atoms with Gasteiger partial charge in [0.15, 0.2) is 17.6 Å². The molecule has 146 valence electrons. The van der Waals surface area contributed by atoms with Crippen molar-refractivity contribution in [1.82, 2.24) is 5.32 Å². The second-order valence-electron chi connectivity index (χ2n) is 6.95. The zero-order valence-electron chi connectivity index (χ0n) is 17.0. The highest BCUT2D eigenvalue weighted by molar-refractivity contribution is 5.80. The maximum Gasteiger partial charge on any atom is 0.261 e. The van der Waals surface area contributed by atoms with Crippen LogP contribution in [0.1, 0.15) is 37.5 Å². The monoisotopic (exact) mass is 371 g/mol. The Bertz CT molecular complexity index is 766. The largest absolute Gasteiger partial charge is 0.493 e. The van der Waals surface area contributed by atoms with Crippen LogP contribution in [0.15, 0.2) is 36.4 Å². The van der Waals surface area contributed by atoms with Gasteiger partial charge in [0.25, 0.3) is 5.91 Å². The van der Waals surface area contributed by atoms with E-state index in [4.69, 9.17) is 14.2 Å². The van der Waals surface area contributed by atoms with Crippen molar-refractivity contribution >= 4 is 5.91 Å². The molecule has 1 unspecified atom stereocenters. The molecule has 2 aromatic rings. The van der Waals surface area contributed by atoms with Crippen LogP contribution in [0.25, 0.3) is 0 Å². The van der Waals surface area contributed by atoms with Gasteiger partial charge in [0.2, 0.25) is 0 Å². The zero-order valence-corrected chi connectivity index (χ0v) is 17.0. The summed E-state index contributed by atoms with van der Waals surface area (Å²) in [5.74, 6) is 1.87. The van der Waals surface area contributed by atoms with Crippen molar-refractivity contribution in [3.05, 3.63) is 53.1 Å². The lowest BCUT2D eigenvalue weighted by Crippen LogP contribution is -2.35. The lowest BCUT2D eigenvalue weighted by atomic mass is 10.1. The van der Waals surface area contributed by atoms with Crippen LogP contribution >= 0.6 is 0 Å². The molecule has 5 nitrogen and oxygen atoms in total. The van der Waals surface area contributed by atoms with E-state index in [0.29, 0.717) is 23.8 Å². The molecule has 1 N–H and O–H groups in total. The number of benzene rings is 2. The molecule has 5 heteroatoms. The Balaban J connectivity index is 1.95. The number of rotatable bonds is 8. The van der Waals surface area contributed by atoms with Crippen LogP contribution in [-0.2, 0) is 11.3 Å². The van der Waals surface area contributed by atoms with E-state index in [2.05, 4.69) is 11.4 Å². The molecular formula is C22H29NO4. The lowest BCUT2D eigenvalue weighted by molar-refractivity contribution is -0.127. The van der Waals surface area contributed by atoms with E-state index in [9.17, 15) is 4.79 Å². The second-order valence-corrected chi connectivity index (χ2v) is 6.95. The van der Waals surface area contributed by atoms with Crippen molar-refractivity contribution in [2.75, 3.05) is 7.11 Å². The third-order valence-electron chi connectivity index (χ3n) is 3.93. The number of nitrogens with one attached hydrogen (secondary N) is 1. The molecule has 0 aliphatic heterocycles. The van der Waals surface area contributed by atoms with Gasteiger partial charge in [-0.3, -0.25) is 4.79 Å². The minimum atomic E-state index is -0.586. The number of amides is 1. The number of hydrogen-bond donors (Lipinski definition) is 1. The predicted molar refractivity (Wildman–Crippen MR) is 107 cm³/mol. The van der Waals surface area contributed by atoms with Gasteiger partial charge < -0.3 is 19.5 Å². The van der Waals surface area contributed by atoms with E-state index < -0.39 is 6.10 Å². The standard InChI is InChI=1S/C22H29NO4/c1-14(2)26-20-8-7-18(12-21(20)25-6)13-23-22(24)17(5)27-19-10-15(3)9-16(4)11-19/h7-12,14,17H,13H2,1-6H3,(H,23,24). The summed E-state index contributed by atoms with van der Waals surface area (Å²) >= 11 is 0. The van der Waals surface area contributed by atoms with Crippen molar-refractivity contribution in [2.45, 2.75) is 53.4 Å². The van der Waals surface area contributed by atoms with E-state index >= 15 is 0 Å². The molecule has 0 aromatic heterocycles. The summed E-state index contributed by atoms with van der Waals surface area (Å²) in [6, 6.07) is 11.6. The molecule has 1 atom stereocenters. The molecule has 0 saturated heterocycles. The van der Waals surface area contributed by atoms with Crippen LogP contribution < -0.4 is 19.5 Å². The first kappa shape index (κ1) is 20.6. The third kappa shape index (κ3) is 6.20. The van der Waals surface area contributed by atoms with E-state index in [0.717, 1.165) is 16.7 Å². The van der Waals surface area contributed by atoms with Crippen LogP contribution in [0, 0.1) is 13.8 Å². The number of carbonyl (C=O) groups is 1. The fraction of sp³-hybridized carbons (Fsp3) is 0.409. The molecule has 0 heterocycles. The van der Waals surface area contributed by atoms with Gasteiger partial charge in [0.1, 0.15) is 5.75 Å². The highest BCUT2D eigenvalue weighted by atomic mass is 16.5. The Hall–Kier alpha value is -2.69. The fourth-order valence-corrected chi connectivity index (χ4v) is 2.76. The summed E-state index contributed by atoms with van der Waals surface area (Å²) in [5, 5.41) is 2.90. The molecule has 2 rings (SSSR count). The first-order valence-corrected chi connectivity index (χ1v) is 9.14. The van der Waals surface area contributed by atoms with E-state index in [1.54, 1.807) is 14.0 Å². The van der Waals surface area contributed by atoms with Gasteiger partial charge in [-0.2, -0.15) is 0 Å². The van der Waals surface area contributed by atoms with Gasteiger partial charge in [-0.1, -0.05) is 12.1 Å². The molecule has 1 amide bonds. The van der Waals surface area contributed by atoms with Crippen molar-refractivity contribution in [3.8, 4) is 17.2 Å². The first-order chi connectivity index (χ1) is 12.8. The molecule has 0 fully saturated rings. The number of methoxy groups -OCH3 is 1. The number of aryl methyl sites for hydroxylation is 2. The molecule has 0 spiro atoms. The molecule has 0 bridgehead atoms. The van der Waals surface area contributed by atoms with Crippen LogP contribution in [0.4, 0.5) is 0 Å². The first-order valence-electron chi connectivity index (χ1n) is 9.14. The summed E-state index contributed by atoms with van der Waals surface area (Å²) in [4.78, 5) is 12.4. The van der Waals surface area contributed by atoms with Crippen LogP contribution in [0.5, 0.6) is 17.2 Å². The van der Waals surface area contributed by atoms with Crippen molar-refractivity contribution < 1.29 is 19.0 Å². The molecule has 2 aromatic carbocycles. The van der Waals surface area contributed by atoms with E-state index in [1.807, 2.05) is 58.0 Å². The van der Waals surface area contributed by atoms with Crippen molar-refractivity contribution in [3.63, 3.8) is 0 Å². The molecule has 0 aliphatic carbocycles. The highest BCUT2D eigenvalue weighted by Gasteiger charge is 2.15. The molecule has 0 saturated carbocycles. The van der Waals surface area contributed by atoms with Gasteiger partial charge in [-0.25, -0.2) is 0 Å². The summed E-state index contributed by atoms with van der Waals surface area (Å²) in [6.07, 6.45) is -0.524. The average molecular weight is 371 g/mol. The molecular weight excluding hydrogens is 342 g/mol. The Morgan fingerprint density at radius 1 is 0.963 bits per heavy atom. The smallest absolute Gasteiger partial charge is 0.261 e. The average Bonchev–Trinajstić information content (AvgIpc) is 2.59. The van der Waals surface area contributed by atoms with Crippen LogP contribution in [-0.4, -0.2) is 25.2 Å². The quantitative estimate of drug-likeness (QED) is 0.756. The Morgan fingerprint density at radius 2 is 1.63 bits per heavy atom. The SMILES string of the molecule is COc1cc(CNC(=O)C(C)Oc2cc(C)cc(C)c2)ccc1OC(C)C. The highest BCUT2D eigenvalue weighted by Crippen LogP contribution is 2.29. The van der Waals surface area contributed by atoms with Gasteiger partial charge >= 0.3 is 0 Å². The van der Waals surface area contributed by atoms with E-state index in [-0.39, 0.29) is 12.0 Å². The fourth-order valence-electron chi connectivity index (χ4n) is 2.76. The molecule has 0 radical (unpaired) electrons. The number of hydrogen-bond acceptors (Lipinski definition) is 4. The van der Waals surface area contributed by atoms with Crippen molar-refractivity contribution in [1.29, 1.82) is 0 Å². The van der Waals surface area contributed by atoms with E-state index in [1.165, 1.54) is 0 Å². The van der Waals surface area contributed by atoms with Gasteiger partial charge in [-0.15, -0.1) is 0 Å². The zero-order chi connectivity index (χ0) is 20.0. The summed E-state index contributed by atoms with van der Waals surface area (Å²) < 4.78 is 16.9. The minimum Gasteiger partial charge on any atom is -0.493 e. The maximum atomic E-state index is 12.4. The molecule has 0 aliphatic rings. The minimum absolute atomic E-state index is 0.0627. The summed E-state index contributed by atoms with van der Waals surface area (Å²) in [5.41, 5.74) is 3.14. The Kier molecular flexibility index (Phi) is 7.11. The number of carbonyl (C=O) groups excluding carboxylic acids is 1. The van der Waals surface area contributed by atoms with Crippen molar-refractivity contribution in [2.24, 2.45) is 0 Å². The summed E-state index contributed by atoms with van der Waals surface area (Å²) in [7, 11) is 1.60.